The lowest BCUT2D eigenvalue weighted by Crippen LogP contribution is -3.46. The third-order valence-electron chi connectivity index (χ3n) is 14.7. The second-order valence-corrected chi connectivity index (χ2v) is 83.2. The van der Waals surface area contributed by atoms with Gasteiger partial charge >= 0.3 is 0 Å². The molecule has 0 amide bonds. The first-order valence-corrected chi connectivity index (χ1v) is 40.2. The van der Waals surface area contributed by atoms with Gasteiger partial charge in [-0.05, 0) is 104 Å². The lowest BCUT2D eigenvalue weighted by atomic mass is 9.99. The highest BCUT2D eigenvalue weighted by molar-refractivity contribution is 8.70. The van der Waals surface area contributed by atoms with E-state index in [2.05, 4.69) is 185 Å². The number of benzene rings is 5. The van der Waals surface area contributed by atoms with E-state index in [9.17, 15) is 0 Å². The highest BCUT2D eigenvalue weighted by Crippen LogP contribution is 2.73. The van der Waals surface area contributed by atoms with Crippen LogP contribution in [0.15, 0.2) is 60.7 Å². The van der Waals surface area contributed by atoms with E-state index in [4.69, 9.17) is 0 Å². The van der Waals surface area contributed by atoms with E-state index in [0.717, 1.165) is 5.41 Å². The fraction of sp³-hybridized carbons (Fsp3) is 0.380. The van der Waals surface area contributed by atoms with Crippen molar-refractivity contribution in [2.45, 2.75) is 125 Å². The summed E-state index contributed by atoms with van der Waals surface area (Å²) in [5, 5.41) is 9.62. The minimum absolute atomic E-state index is 0.372. The molecule has 5 aliphatic heterocycles. The molecule has 57 heavy (non-hydrogen) atoms. The summed E-state index contributed by atoms with van der Waals surface area (Å²) in [5.74, 6) is 0. The molecule has 10 rings (SSSR count). The van der Waals surface area contributed by atoms with Crippen LogP contribution in [0.3, 0.4) is 0 Å². The predicted octanol–water partition coefficient (Wildman–Crippen LogP) is 7.76. The molecule has 0 aromatic heterocycles. The van der Waals surface area contributed by atoms with Gasteiger partial charge in [0.05, 0.1) is 13.7 Å². The van der Waals surface area contributed by atoms with Gasteiger partial charge in [-0.15, -0.1) is 0 Å². The highest BCUT2D eigenvalue weighted by Gasteiger charge is 3.15. The number of aryl methyl sites for hydroxylation is 15. The molecule has 5 aromatic rings. The number of hydrogen-bond donors (Lipinski definition) is 0. The van der Waals surface area contributed by atoms with E-state index in [1.165, 1.54) is 72.3 Å². The zero-order valence-corrected chi connectivity index (χ0v) is 44.2. The zero-order chi connectivity index (χ0) is 41.9. The van der Waals surface area contributed by atoms with Crippen molar-refractivity contribution in [1.82, 2.24) is 0 Å². The van der Waals surface area contributed by atoms with Crippen molar-refractivity contribution in [2.24, 2.45) is 5.41 Å². The lowest BCUT2D eigenvalue weighted by Gasteiger charge is -3.02. The van der Waals surface area contributed by atoms with Crippen LogP contribution >= 0.6 is 0 Å². The second-order valence-electron chi connectivity index (χ2n) is 20.2. The molecule has 0 aliphatic carbocycles. The second kappa shape index (κ2) is 12.8. The maximum atomic E-state index is 16.8. The van der Waals surface area contributed by atoms with Crippen LogP contribution < -0.4 is 25.9 Å². The summed E-state index contributed by atoms with van der Waals surface area (Å²) in [6.45, 7) is 38.1. The Hall–Kier alpha value is -2.93. The van der Waals surface area contributed by atoms with Gasteiger partial charge < -0.3 is 4.79 Å². The maximum Gasteiger partial charge on any atom is 0.108 e. The fourth-order valence-electron chi connectivity index (χ4n) is 14.5. The topological polar surface area (TPSA) is 17.1 Å². The maximum absolute atomic E-state index is 16.8. The first kappa shape index (κ1) is 40.8. The summed E-state index contributed by atoms with van der Waals surface area (Å²) in [4.78, 5) is 16.8. The molecule has 5 saturated heterocycles. The SMILES string of the molecule is Cc1cc(C)c([Si]2(c3c(C)cc(C)cc3C)[Si]3[Si]4(C(=O)C(C)(C)C)[Si]2[Si]3(c2c(C)cc(C)cc2C)[Si]4(c2c(C)cc(C)cc2C)c2c(C)cc(C)cc2C)c(C)c1. The fourth-order valence-corrected chi connectivity index (χ4v) is 390. The molecule has 5 heterocycles. The summed E-state index contributed by atoms with van der Waals surface area (Å²) in [6.07, 6.45) is 0. The van der Waals surface area contributed by atoms with Crippen LogP contribution in [0.25, 0.3) is 0 Å². The third-order valence-corrected chi connectivity index (χ3v) is 198. The molecule has 4 bridgehead atoms. The molecule has 0 N–H and O–H groups in total. The molecule has 5 aromatic carbocycles. The molecular formula is C50H64OSi6. The van der Waals surface area contributed by atoms with Crippen molar-refractivity contribution in [3.8, 4) is 0 Å². The van der Waals surface area contributed by atoms with Crippen molar-refractivity contribution < 1.29 is 4.79 Å². The van der Waals surface area contributed by atoms with E-state index >= 15 is 4.79 Å². The summed E-state index contributed by atoms with van der Waals surface area (Å²) < 4.78 is 0. The van der Waals surface area contributed by atoms with Crippen LogP contribution in [0.1, 0.15) is 104 Å². The van der Waals surface area contributed by atoms with Gasteiger partial charge in [0.2, 0.25) is 0 Å². The van der Waals surface area contributed by atoms with Gasteiger partial charge in [0.15, 0.2) is 0 Å². The van der Waals surface area contributed by atoms with Gasteiger partial charge in [-0.1, -0.05) is 191 Å². The average Bonchev–Trinajstić information content (AvgIpc) is 3.01. The lowest BCUT2D eigenvalue weighted by molar-refractivity contribution is -0.118. The Bertz CT molecular complexity index is 2380. The van der Waals surface area contributed by atoms with Gasteiger partial charge in [0.25, 0.3) is 0 Å². The summed E-state index contributed by atoms with van der Waals surface area (Å²) in [6, 6.07) is 25.3. The first-order chi connectivity index (χ1) is 26.5. The molecule has 0 saturated carbocycles. The minimum Gasteiger partial charge on any atom is -0.306 e. The van der Waals surface area contributed by atoms with Gasteiger partial charge in [-0.2, -0.15) is 0 Å². The van der Waals surface area contributed by atoms with Crippen molar-refractivity contribution in [3.05, 3.63) is 144 Å². The molecule has 5 fully saturated rings. The Balaban J connectivity index is 1.68. The molecule has 294 valence electrons. The molecular weight excluding hydrogens is 785 g/mol. The highest BCUT2D eigenvalue weighted by atomic mass is 30.9. The van der Waals surface area contributed by atoms with Gasteiger partial charge in [0, 0.05) is 20.1 Å². The molecule has 7 heteroatoms. The van der Waals surface area contributed by atoms with Crippen molar-refractivity contribution in [2.75, 3.05) is 0 Å². The molecule has 5 aliphatic rings. The van der Waals surface area contributed by atoms with Crippen LogP contribution in [0.2, 0.25) is 0 Å². The number of rotatable bonds is 6. The molecule has 1 nitrogen and oxygen atoms in total. The summed E-state index contributed by atoms with van der Waals surface area (Å²) in [7, 11) is -7.43. The zero-order valence-electron chi connectivity index (χ0n) is 38.2. The van der Waals surface area contributed by atoms with E-state index < -0.39 is 42.2 Å². The normalized spacial score (nSPS) is 21.9. The average molecular weight is 850 g/mol. The van der Waals surface area contributed by atoms with E-state index in [0.29, 0.717) is 0 Å². The van der Waals surface area contributed by atoms with Crippen LogP contribution in [0, 0.1) is 109 Å². The van der Waals surface area contributed by atoms with Gasteiger partial charge in [0.1, 0.15) is 19.1 Å². The van der Waals surface area contributed by atoms with Crippen molar-refractivity contribution >= 4 is 73.5 Å². The Morgan fingerprint density at radius 3 is 0.860 bits per heavy atom. The van der Waals surface area contributed by atoms with Crippen LogP contribution in [-0.4, -0.2) is 47.6 Å². The molecule has 2 radical (unpaired) electrons. The Labute approximate surface area is 350 Å². The molecule has 0 spiro atoms. The van der Waals surface area contributed by atoms with E-state index in [1.54, 1.807) is 31.9 Å². The monoisotopic (exact) mass is 848 g/mol. The van der Waals surface area contributed by atoms with Crippen LogP contribution in [-0.2, 0) is 4.79 Å². The smallest absolute Gasteiger partial charge is 0.108 e. The van der Waals surface area contributed by atoms with Gasteiger partial charge in [-0.3, -0.25) is 0 Å². The Kier molecular flexibility index (Phi) is 9.16. The first-order valence-electron chi connectivity index (χ1n) is 21.2. The molecule has 0 atom stereocenters. The Morgan fingerprint density at radius 1 is 0.386 bits per heavy atom. The summed E-state index contributed by atoms with van der Waals surface area (Å²) in [5.41, 5.74) is 21.6. The van der Waals surface area contributed by atoms with Crippen LogP contribution in [0.4, 0.5) is 0 Å². The largest absolute Gasteiger partial charge is 0.306 e. The van der Waals surface area contributed by atoms with Gasteiger partial charge in [-0.25, -0.2) is 0 Å². The van der Waals surface area contributed by atoms with Crippen molar-refractivity contribution in [1.29, 1.82) is 0 Å². The van der Waals surface area contributed by atoms with E-state index in [1.807, 2.05) is 5.19 Å². The van der Waals surface area contributed by atoms with Crippen molar-refractivity contribution in [3.63, 3.8) is 0 Å². The predicted molar refractivity (Wildman–Crippen MR) is 260 cm³/mol. The third kappa shape index (κ3) is 4.62. The standard InChI is InChI=1S/C50H64OSi6/c1-29-19-34(6)44(35(7)20-29)54(45-36(8)21-30(2)22-37(45)9)52-56(48-42(14)27-33(5)28-43(48)15)53(54)57(52,49(51)50(16,17)18)55(56,46-38(10)23-31(3)24-39(46)11)47-40(12)25-32(4)26-41(47)13/h19-28H,1-18H3. The van der Waals surface area contributed by atoms with Crippen LogP contribution in [0.5, 0.6) is 0 Å². The summed E-state index contributed by atoms with van der Waals surface area (Å²) >= 11 is 0. The number of carbonyl (C=O) groups is 1. The quantitative estimate of drug-likeness (QED) is 0.160. The molecule has 0 unspecified atom stereocenters. The number of carbonyl (C=O) groups excluding carboxylic acids is 1. The Morgan fingerprint density at radius 2 is 0.614 bits per heavy atom. The minimum atomic E-state index is -2.73. The van der Waals surface area contributed by atoms with E-state index in [-0.39, 0.29) is 5.41 Å². The number of hydrogen-bond acceptors (Lipinski definition) is 1.